The van der Waals surface area contributed by atoms with Gasteiger partial charge in [-0.05, 0) is 30.3 Å². The van der Waals surface area contributed by atoms with Crippen LogP contribution in [0.4, 0.5) is 17.5 Å². The van der Waals surface area contributed by atoms with Crippen molar-refractivity contribution in [2.45, 2.75) is 4.90 Å². The first-order valence-corrected chi connectivity index (χ1v) is 11.4. The van der Waals surface area contributed by atoms with Crippen LogP contribution in [-0.2, 0) is 10.0 Å². The van der Waals surface area contributed by atoms with Crippen molar-refractivity contribution in [3.05, 3.63) is 60.0 Å². The van der Waals surface area contributed by atoms with E-state index < -0.39 is 10.0 Å². The quantitative estimate of drug-likeness (QED) is 0.599. The Morgan fingerprint density at radius 2 is 1.71 bits per heavy atom. The number of pyridine rings is 1. The van der Waals surface area contributed by atoms with Crippen LogP contribution in [0.1, 0.15) is 0 Å². The van der Waals surface area contributed by atoms with Crippen molar-refractivity contribution >= 4 is 39.1 Å². The highest BCUT2D eigenvalue weighted by Crippen LogP contribution is 2.28. The second-order valence-corrected chi connectivity index (χ2v) is 8.93. The smallest absolute Gasteiger partial charge is 0.262 e. The summed E-state index contributed by atoms with van der Waals surface area (Å²) in [6, 6.07) is 10.1. The van der Waals surface area contributed by atoms with E-state index in [4.69, 9.17) is 16.3 Å². The van der Waals surface area contributed by atoms with Gasteiger partial charge in [0.1, 0.15) is 11.6 Å². The van der Waals surface area contributed by atoms with Crippen molar-refractivity contribution in [3.63, 3.8) is 0 Å². The number of anilines is 3. The van der Waals surface area contributed by atoms with E-state index in [1.807, 2.05) is 18.2 Å². The zero-order valence-electron chi connectivity index (χ0n) is 16.8. The van der Waals surface area contributed by atoms with Gasteiger partial charge in [0, 0.05) is 32.4 Å². The summed E-state index contributed by atoms with van der Waals surface area (Å²) in [4.78, 5) is 17.3. The Kier molecular flexibility index (Phi) is 6.10. The molecule has 0 amide bonds. The highest BCUT2D eigenvalue weighted by Gasteiger charge is 2.21. The van der Waals surface area contributed by atoms with Crippen LogP contribution in [0.15, 0.2) is 59.9 Å². The Morgan fingerprint density at radius 1 is 1.00 bits per heavy atom. The molecule has 0 radical (unpaired) electrons. The molecule has 1 N–H and O–H groups in total. The summed E-state index contributed by atoms with van der Waals surface area (Å²) in [6.07, 6.45) is 4.69. The van der Waals surface area contributed by atoms with Crippen LogP contribution < -0.4 is 19.3 Å². The van der Waals surface area contributed by atoms with Gasteiger partial charge in [0.15, 0.2) is 0 Å². The number of nitrogens with one attached hydrogen (secondary N) is 1. The van der Waals surface area contributed by atoms with Crippen molar-refractivity contribution < 1.29 is 13.2 Å². The first-order valence-electron chi connectivity index (χ1n) is 9.55. The Hall–Kier alpha value is -3.11. The molecule has 1 saturated heterocycles. The predicted molar refractivity (Wildman–Crippen MR) is 120 cm³/mol. The average Bonchev–Trinajstić information content (AvgIpc) is 2.80. The lowest BCUT2D eigenvalue weighted by Crippen LogP contribution is -2.47. The highest BCUT2D eigenvalue weighted by atomic mass is 35.5. The summed E-state index contributed by atoms with van der Waals surface area (Å²) >= 11 is 6.04. The van der Waals surface area contributed by atoms with Gasteiger partial charge in [0.05, 0.1) is 35.1 Å². The lowest BCUT2D eigenvalue weighted by atomic mass is 10.3. The molecule has 0 bridgehead atoms. The van der Waals surface area contributed by atoms with Gasteiger partial charge >= 0.3 is 0 Å². The first kappa shape index (κ1) is 21.1. The molecule has 3 aromatic rings. The van der Waals surface area contributed by atoms with E-state index in [-0.39, 0.29) is 15.6 Å². The molecule has 1 aliphatic heterocycles. The molecule has 1 fully saturated rings. The van der Waals surface area contributed by atoms with Gasteiger partial charge in [0.2, 0.25) is 5.95 Å². The minimum atomic E-state index is -3.83. The molecule has 0 aliphatic carbocycles. The molecule has 1 aliphatic rings. The molecule has 31 heavy (non-hydrogen) atoms. The van der Waals surface area contributed by atoms with Crippen LogP contribution in [0.5, 0.6) is 5.75 Å². The molecule has 1 aromatic carbocycles. The minimum Gasteiger partial charge on any atom is -0.495 e. The van der Waals surface area contributed by atoms with Crippen molar-refractivity contribution in [3.8, 4) is 5.75 Å². The number of piperazine rings is 1. The summed E-state index contributed by atoms with van der Waals surface area (Å²) in [6.45, 7) is 3.08. The topological polar surface area (TPSA) is 101 Å². The molecule has 162 valence electrons. The van der Waals surface area contributed by atoms with Gasteiger partial charge in [-0.2, -0.15) is 0 Å². The van der Waals surface area contributed by atoms with Gasteiger partial charge < -0.3 is 14.5 Å². The Balaban J connectivity index is 1.40. The van der Waals surface area contributed by atoms with Crippen molar-refractivity contribution in [2.75, 3.05) is 47.8 Å². The fourth-order valence-corrected chi connectivity index (χ4v) is 4.62. The number of sulfonamides is 1. The zero-order chi connectivity index (χ0) is 21.8. The van der Waals surface area contributed by atoms with Crippen LogP contribution >= 0.6 is 11.6 Å². The van der Waals surface area contributed by atoms with E-state index >= 15 is 0 Å². The number of hydrogen-bond acceptors (Lipinski definition) is 8. The van der Waals surface area contributed by atoms with Gasteiger partial charge in [-0.3, -0.25) is 4.72 Å². The van der Waals surface area contributed by atoms with E-state index in [1.54, 1.807) is 6.20 Å². The van der Waals surface area contributed by atoms with Crippen molar-refractivity contribution in [1.29, 1.82) is 0 Å². The maximum atomic E-state index is 12.6. The summed E-state index contributed by atoms with van der Waals surface area (Å²) < 4.78 is 32.8. The van der Waals surface area contributed by atoms with Gasteiger partial charge in [0.25, 0.3) is 10.0 Å². The number of halogens is 1. The highest BCUT2D eigenvalue weighted by molar-refractivity contribution is 7.92. The summed E-state index contributed by atoms with van der Waals surface area (Å²) in [7, 11) is -2.37. The molecule has 0 unspecified atom stereocenters. The van der Waals surface area contributed by atoms with Crippen LogP contribution in [0, 0.1) is 0 Å². The van der Waals surface area contributed by atoms with Gasteiger partial charge in [-0.1, -0.05) is 17.7 Å². The third-order valence-electron chi connectivity index (χ3n) is 4.86. The van der Waals surface area contributed by atoms with E-state index in [0.29, 0.717) is 11.7 Å². The molecule has 0 spiro atoms. The summed E-state index contributed by atoms with van der Waals surface area (Å²) in [5.41, 5.74) is 0.266. The van der Waals surface area contributed by atoms with Crippen LogP contribution in [0.2, 0.25) is 5.02 Å². The lowest BCUT2D eigenvalue weighted by Gasteiger charge is -2.35. The number of methoxy groups -OCH3 is 1. The molecule has 0 atom stereocenters. The standard InChI is InChI=1S/C20H21ClN6O3S/c1-30-18-6-5-16(12-17(18)21)31(28,29)25-15-13-23-20(24-14-15)27-10-8-26(9-11-27)19-4-2-3-7-22-19/h2-7,12-14,25H,8-11H2,1H3. The van der Waals surface area contributed by atoms with E-state index in [1.165, 1.54) is 37.7 Å². The average molecular weight is 461 g/mol. The number of aromatic nitrogens is 3. The Bertz CT molecular complexity index is 1140. The molecule has 0 saturated carbocycles. The van der Waals surface area contributed by atoms with E-state index in [2.05, 4.69) is 29.5 Å². The Labute approximate surface area is 185 Å². The number of hydrogen-bond donors (Lipinski definition) is 1. The molecule has 3 heterocycles. The van der Waals surface area contributed by atoms with Gasteiger partial charge in [-0.25, -0.2) is 23.4 Å². The number of benzene rings is 1. The number of nitrogens with zero attached hydrogens (tertiary/aromatic N) is 5. The third kappa shape index (κ3) is 4.80. The van der Waals surface area contributed by atoms with Gasteiger partial charge in [-0.15, -0.1) is 0 Å². The second-order valence-electron chi connectivity index (χ2n) is 6.84. The summed E-state index contributed by atoms with van der Waals surface area (Å²) in [5, 5.41) is 0.210. The van der Waals surface area contributed by atoms with Crippen LogP contribution in [-0.4, -0.2) is 56.7 Å². The first-order chi connectivity index (χ1) is 15.0. The van der Waals surface area contributed by atoms with Crippen LogP contribution in [0.25, 0.3) is 0 Å². The monoisotopic (exact) mass is 460 g/mol. The fourth-order valence-electron chi connectivity index (χ4n) is 3.24. The SMILES string of the molecule is COc1ccc(S(=O)(=O)Nc2cnc(N3CCN(c4ccccn4)CC3)nc2)cc1Cl. The van der Waals surface area contributed by atoms with E-state index in [0.717, 1.165) is 32.0 Å². The second kappa shape index (κ2) is 8.94. The molecular weight excluding hydrogens is 440 g/mol. The van der Waals surface area contributed by atoms with Crippen molar-refractivity contribution in [1.82, 2.24) is 15.0 Å². The number of ether oxygens (including phenoxy) is 1. The molecule has 11 heteroatoms. The predicted octanol–water partition coefficient (Wildman–Crippen LogP) is 2.66. The maximum absolute atomic E-state index is 12.6. The van der Waals surface area contributed by atoms with Crippen LogP contribution in [0.3, 0.4) is 0 Å². The Morgan fingerprint density at radius 3 is 2.32 bits per heavy atom. The minimum absolute atomic E-state index is 0.0213. The summed E-state index contributed by atoms with van der Waals surface area (Å²) in [5.74, 6) is 1.90. The van der Waals surface area contributed by atoms with Crippen molar-refractivity contribution in [2.24, 2.45) is 0 Å². The molecule has 4 rings (SSSR count). The zero-order valence-corrected chi connectivity index (χ0v) is 18.3. The normalized spacial score (nSPS) is 14.4. The third-order valence-corrected chi connectivity index (χ3v) is 6.53. The van der Waals surface area contributed by atoms with E-state index in [9.17, 15) is 8.42 Å². The molecule has 2 aromatic heterocycles. The number of rotatable bonds is 6. The maximum Gasteiger partial charge on any atom is 0.262 e. The molecule has 9 nitrogen and oxygen atoms in total. The largest absolute Gasteiger partial charge is 0.495 e. The molecular formula is C20H21ClN6O3S. The fraction of sp³-hybridized carbons (Fsp3) is 0.250. The lowest BCUT2D eigenvalue weighted by molar-refractivity contribution is 0.414.